The summed E-state index contributed by atoms with van der Waals surface area (Å²) >= 11 is 3.42. The molecule has 1 aromatic heterocycles. The Labute approximate surface area is 236 Å². The van der Waals surface area contributed by atoms with Gasteiger partial charge in [0.25, 0.3) is 5.91 Å². The van der Waals surface area contributed by atoms with Crippen LogP contribution in [0.15, 0.2) is 81.7 Å². The van der Waals surface area contributed by atoms with Crippen molar-refractivity contribution in [3.05, 3.63) is 88.4 Å². The van der Waals surface area contributed by atoms with Crippen LogP contribution < -0.4 is 5.32 Å². The number of fused-ring (bicyclic) bond motifs is 1. The number of anilines is 1. The van der Waals surface area contributed by atoms with Crippen molar-refractivity contribution in [3.63, 3.8) is 0 Å². The molecule has 202 valence electrons. The van der Waals surface area contributed by atoms with E-state index in [1.807, 2.05) is 69.3 Å². The molecule has 0 radical (unpaired) electrons. The van der Waals surface area contributed by atoms with Crippen LogP contribution >= 0.6 is 15.9 Å². The number of halogens is 1. The third-order valence-corrected chi connectivity index (χ3v) is 7.03. The van der Waals surface area contributed by atoms with E-state index in [1.165, 1.54) is 5.56 Å². The van der Waals surface area contributed by atoms with Crippen molar-refractivity contribution in [2.75, 3.05) is 31.5 Å². The Balaban J connectivity index is 1.27. The van der Waals surface area contributed by atoms with Crippen LogP contribution in [0.25, 0.3) is 22.3 Å². The Bertz CT molecular complexity index is 1500. The van der Waals surface area contributed by atoms with E-state index in [-0.39, 0.29) is 12.0 Å². The summed E-state index contributed by atoms with van der Waals surface area (Å²) in [5, 5.41) is 4.03. The summed E-state index contributed by atoms with van der Waals surface area (Å²) in [6.07, 6.45) is -0.248. The Morgan fingerprint density at radius 3 is 2.46 bits per heavy atom. The molecule has 2 heterocycles. The van der Waals surface area contributed by atoms with Crippen molar-refractivity contribution in [1.29, 1.82) is 0 Å². The van der Waals surface area contributed by atoms with Crippen LogP contribution in [0.4, 0.5) is 10.5 Å². The molecule has 7 nitrogen and oxygen atoms in total. The maximum absolute atomic E-state index is 12.9. The number of nitrogens with zero attached hydrogens (tertiary/aromatic N) is 2. The number of hydrogen-bond donors (Lipinski definition) is 1. The molecule has 0 unspecified atom stereocenters. The van der Waals surface area contributed by atoms with E-state index in [0.717, 1.165) is 40.6 Å². The molecule has 5 rings (SSSR count). The van der Waals surface area contributed by atoms with E-state index in [1.54, 1.807) is 17.0 Å². The Hall–Kier alpha value is -3.62. The monoisotopic (exact) mass is 589 g/mol. The highest BCUT2D eigenvalue weighted by Gasteiger charge is 2.26. The fourth-order valence-corrected chi connectivity index (χ4v) is 5.03. The summed E-state index contributed by atoms with van der Waals surface area (Å²) in [4.78, 5) is 29.4. The van der Waals surface area contributed by atoms with Crippen molar-refractivity contribution in [1.82, 2.24) is 9.80 Å². The molecule has 1 saturated heterocycles. The van der Waals surface area contributed by atoms with Crippen molar-refractivity contribution < 1.29 is 18.7 Å². The smallest absolute Gasteiger partial charge is 0.410 e. The van der Waals surface area contributed by atoms with Crippen LogP contribution in [-0.4, -0.2) is 53.6 Å². The van der Waals surface area contributed by atoms with Crippen LogP contribution in [0.2, 0.25) is 0 Å². The first-order valence-electron chi connectivity index (χ1n) is 13.0. The number of hydrogen-bond acceptors (Lipinski definition) is 5. The minimum atomic E-state index is -0.488. The van der Waals surface area contributed by atoms with Gasteiger partial charge in [0.1, 0.15) is 16.9 Å². The zero-order chi connectivity index (χ0) is 27.6. The molecule has 8 heteroatoms. The number of rotatable bonds is 5. The summed E-state index contributed by atoms with van der Waals surface area (Å²) in [7, 11) is 0. The van der Waals surface area contributed by atoms with Gasteiger partial charge in [-0.15, -0.1) is 0 Å². The van der Waals surface area contributed by atoms with Gasteiger partial charge in [0, 0.05) is 53.7 Å². The van der Waals surface area contributed by atoms with Crippen molar-refractivity contribution in [2.24, 2.45) is 0 Å². The van der Waals surface area contributed by atoms with Gasteiger partial charge in [-0.1, -0.05) is 40.2 Å². The third-order valence-electron chi connectivity index (χ3n) is 6.54. The van der Waals surface area contributed by atoms with Gasteiger partial charge in [-0.05, 0) is 74.9 Å². The highest BCUT2D eigenvalue weighted by Crippen LogP contribution is 2.33. The molecule has 0 saturated carbocycles. The Morgan fingerprint density at radius 2 is 1.72 bits per heavy atom. The minimum absolute atomic E-state index is 0.186. The number of carbonyl (C=O) groups is 2. The van der Waals surface area contributed by atoms with E-state index in [4.69, 9.17) is 9.15 Å². The number of nitrogens with one attached hydrogen (secondary N) is 1. The zero-order valence-corrected chi connectivity index (χ0v) is 24.0. The molecule has 1 N–H and O–H groups in total. The van der Waals surface area contributed by atoms with Crippen LogP contribution in [0.3, 0.4) is 0 Å². The highest BCUT2D eigenvalue weighted by atomic mass is 79.9. The van der Waals surface area contributed by atoms with Crippen molar-refractivity contribution in [3.8, 4) is 11.3 Å². The van der Waals surface area contributed by atoms with E-state index >= 15 is 0 Å². The molecule has 1 aliphatic heterocycles. The standard InChI is InChI=1S/C31H32BrN3O4/c1-31(2,3)39-30(37)35-15-13-34(14-16-35)20-21-11-12-27-23(17-21)19-28(38-27)25-9-4-5-10-26(25)33-29(36)22-7-6-8-24(32)18-22/h4-12,17-19H,13-16,20H2,1-3H3,(H,33,36). The van der Waals surface area contributed by atoms with Crippen molar-refractivity contribution in [2.45, 2.75) is 32.9 Å². The molecule has 0 spiro atoms. The topological polar surface area (TPSA) is 75.0 Å². The molecular weight excluding hydrogens is 558 g/mol. The van der Waals surface area contributed by atoms with E-state index in [0.29, 0.717) is 30.1 Å². The van der Waals surface area contributed by atoms with Crippen LogP contribution in [0.1, 0.15) is 36.7 Å². The van der Waals surface area contributed by atoms with Gasteiger partial charge < -0.3 is 19.4 Å². The predicted octanol–water partition coefficient (Wildman–Crippen LogP) is 7.17. The zero-order valence-electron chi connectivity index (χ0n) is 22.4. The number of piperazine rings is 1. The molecule has 4 aromatic rings. The summed E-state index contributed by atoms with van der Waals surface area (Å²) < 4.78 is 12.6. The second-order valence-electron chi connectivity index (χ2n) is 10.7. The third kappa shape index (κ3) is 6.69. The lowest BCUT2D eigenvalue weighted by atomic mass is 10.1. The fraction of sp³-hybridized carbons (Fsp3) is 0.290. The molecular formula is C31H32BrN3O4. The summed E-state index contributed by atoms with van der Waals surface area (Å²) in [6, 6.07) is 23.2. The predicted molar refractivity (Wildman–Crippen MR) is 157 cm³/mol. The first kappa shape index (κ1) is 27.0. The highest BCUT2D eigenvalue weighted by molar-refractivity contribution is 9.10. The summed E-state index contributed by atoms with van der Waals surface area (Å²) in [5.41, 5.74) is 3.55. The van der Waals surface area contributed by atoms with Gasteiger partial charge in [0.05, 0.1) is 5.69 Å². The lowest BCUT2D eigenvalue weighted by Gasteiger charge is -2.35. The maximum Gasteiger partial charge on any atom is 0.410 e. The van der Waals surface area contributed by atoms with E-state index in [2.05, 4.69) is 38.3 Å². The number of para-hydroxylation sites is 1. The molecule has 0 atom stereocenters. The molecule has 0 aliphatic carbocycles. The molecule has 3 aromatic carbocycles. The first-order chi connectivity index (χ1) is 18.6. The quantitative estimate of drug-likeness (QED) is 0.267. The first-order valence-corrected chi connectivity index (χ1v) is 13.8. The molecule has 39 heavy (non-hydrogen) atoms. The van der Waals surface area contributed by atoms with Gasteiger partial charge >= 0.3 is 6.09 Å². The molecule has 1 aliphatic rings. The average molecular weight is 591 g/mol. The maximum atomic E-state index is 12.9. The lowest BCUT2D eigenvalue weighted by molar-refractivity contribution is 0.0139. The SMILES string of the molecule is CC(C)(C)OC(=O)N1CCN(Cc2ccc3oc(-c4ccccc4NC(=O)c4cccc(Br)c4)cc3c2)CC1. The minimum Gasteiger partial charge on any atom is -0.456 e. The van der Waals surface area contributed by atoms with Crippen LogP contribution in [0.5, 0.6) is 0 Å². The van der Waals surface area contributed by atoms with Gasteiger partial charge in [0.2, 0.25) is 0 Å². The second-order valence-corrected chi connectivity index (χ2v) is 11.7. The lowest BCUT2D eigenvalue weighted by Crippen LogP contribution is -2.49. The van der Waals surface area contributed by atoms with Gasteiger partial charge in [-0.3, -0.25) is 9.69 Å². The molecule has 1 fully saturated rings. The summed E-state index contributed by atoms with van der Waals surface area (Å²) in [5.74, 6) is 0.507. The van der Waals surface area contributed by atoms with Crippen molar-refractivity contribution >= 4 is 44.6 Å². The number of furan rings is 1. The van der Waals surface area contributed by atoms with E-state index < -0.39 is 5.60 Å². The van der Waals surface area contributed by atoms with E-state index in [9.17, 15) is 9.59 Å². The normalized spacial score (nSPS) is 14.4. The number of carbonyl (C=O) groups excluding carboxylic acids is 2. The number of amides is 2. The summed E-state index contributed by atoms with van der Waals surface area (Å²) in [6.45, 7) is 9.33. The van der Waals surface area contributed by atoms with Crippen LogP contribution in [-0.2, 0) is 11.3 Å². The fourth-order valence-electron chi connectivity index (χ4n) is 4.63. The van der Waals surface area contributed by atoms with Gasteiger partial charge in [0.15, 0.2) is 0 Å². The number of benzene rings is 3. The number of ether oxygens (including phenoxy) is 1. The second kappa shape index (κ2) is 11.2. The average Bonchev–Trinajstić information content (AvgIpc) is 3.32. The van der Waals surface area contributed by atoms with Gasteiger partial charge in [-0.2, -0.15) is 0 Å². The molecule has 2 amide bonds. The Morgan fingerprint density at radius 1 is 0.949 bits per heavy atom. The Kier molecular flexibility index (Phi) is 7.77. The van der Waals surface area contributed by atoms with Gasteiger partial charge in [-0.25, -0.2) is 4.79 Å². The largest absolute Gasteiger partial charge is 0.456 e. The van der Waals surface area contributed by atoms with Crippen LogP contribution in [0, 0.1) is 0 Å². The molecule has 0 bridgehead atoms.